The lowest BCUT2D eigenvalue weighted by Crippen LogP contribution is -2.29. The first-order valence-electron chi connectivity index (χ1n) is 5.42. The molecule has 82 valence electrons. The van der Waals surface area contributed by atoms with E-state index >= 15 is 0 Å². The summed E-state index contributed by atoms with van der Waals surface area (Å²) in [7, 11) is 0. The Morgan fingerprint density at radius 1 is 1.47 bits per heavy atom. The highest BCUT2D eigenvalue weighted by Gasteiger charge is 2.31. The third-order valence-corrected chi connectivity index (χ3v) is 3.57. The van der Waals surface area contributed by atoms with Gasteiger partial charge >= 0.3 is 0 Å². The molecule has 2 rings (SSSR count). The highest BCUT2D eigenvalue weighted by Crippen LogP contribution is 2.39. The maximum absolute atomic E-state index is 5.88. The Morgan fingerprint density at radius 2 is 2.27 bits per heavy atom. The summed E-state index contributed by atoms with van der Waals surface area (Å²) in [6.07, 6.45) is 1.39. The van der Waals surface area contributed by atoms with E-state index in [2.05, 4.69) is 60.0 Å². The summed E-state index contributed by atoms with van der Waals surface area (Å²) in [6.45, 7) is 5.36. The highest BCUT2D eigenvalue weighted by molar-refractivity contribution is 14.1. The van der Waals surface area contributed by atoms with Gasteiger partial charge in [-0.3, -0.25) is 0 Å². The molecular weight excluding hydrogens is 301 g/mol. The van der Waals surface area contributed by atoms with Crippen molar-refractivity contribution in [3.05, 3.63) is 27.3 Å². The zero-order chi connectivity index (χ0) is 10.8. The van der Waals surface area contributed by atoms with E-state index in [1.54, 1.807) is 0 Å². The molecule has 0 radical (unpaired) electrons. The summed E-state index contributed by atoms with van der Waals surface area (Å²) in [5.74, 6) is 1.07. The first-order chi connectivity index (χ1) is 7.24. The summed E-state index contributed by atoms with van der Waals surface area (Å²) in [5.41, 5.74) is 1.31. The Kier molecular flexibility index (Phi) is 3.51. The van der Waals surface area contributed by atoms with Crippen LogP contribution in [0.15, 0.2) is 18.2 Å². The quantitative estimate of drug-likeness (QED) is 0.865. The number of ether oxygens (including phenoxy) is 1. The minimum atomic E-state index is 0.238. The molecule has 2 unspecified atom stereocenters. The third-order valence-electron chi connectivity index (χ3n) is 2.72. The molecule has 1 aliphatic rings. The summed E-state index contributed by atoms with van der Waals surface area (Å²) in [4.78, 5) is 0. The number of hydrogen-bond donors (Lipinski definition) is 1. The van der Waals surface area contributed by atoms with Crippen LogP contribution in [0.25, 0.3) is 0 Å². The van der Waals surface area contributed by atoms with Gasteiger partial charge < -0.3 is 10.1 Å². The molecule has 1 aliphatic heterocycles. The summed E-state index contributed by atoms with van der Waals surface area (Å²) >= 11 is 2.33. The van der Waals surface area contributed by atoms with Crippen molar-refractivity contribution >= 4 is 22.6 Å². The molecule has 0 fully saturated rings. The van der Waals surface area contributed by atoms with Gasteiger partial charge in [0, 0.05) is 5.56 Å². The maximum atomic E-state index is 5.88. The van der Waals surface area contributed by atoms with Gasteiger partial charge in [0.1, 0.15) is 11.9 Å². The minimum Gasteiger partial charge on any atom is -0.487 e. The van der Waals surface area contributed by atoms with Gasteiger partial charge in [0.25, 0.3) is 0 Å². The molecule has 0 aromatic heterocycles. The van der Waals surface area contributed by atoms with Crippen molar-refractivity contribution in [2.45, 2.75) is 32.4 Å². The molecule has 1 N–H and O–H groups in total. The Morgan fingerprint density at radius 3 is 3.00 bits per heavy atom. The van der Waals surface area contributed by atoms with Crippen LogP contribution in [0.5, 0.6) is 5.75 Å². The first kappa shape index (κ1) is 11.2. The van der Waals surface area contributed by atoms with Crippen LogP contribution in [0.1, 0.15) is 31.9 Å². The minimum absolute atomic E-state index is 0.238. The predicted molar refractivity (Wildman–Crippen MR) is 70.3 cm³/mol. The van der Waals surface area contributed by atoms with E-state index < -0.39 is 0 Å². The second-order valence-electron chi connectivity index (χ2n) is 3.91. The normalized spacial score (nSPS) is 23.7. The molecule has 0 saturated carbocycles. The van der Waals surface area contributed by atoms with Gasteiger partial charge in [-0.2, -0.15) is 0 Å². The van der Waals surface area contributed by atoms with Crippen LogP contribution in [-0.2, 0) is 0 Å². The number of nitrogens with one attached hydrogen (secondary N) is 1. The Hall–Kier alpha value is -0.290. The molecule has 2 atom stereocenters. The largest absolute Gasteiger partial charge is 0.487 e. The monoisotopic (exact) mass is 317 g/mol. The number of benzene rings is 1. The van der Waals surface area contributed by atoms with E-state index in [1.807, 2.05) is 0 Å². The second-order valence-corrected chi connectivity index (χ2v) is 5.08. The molecule has 1 aromatic rings. The molecule has 0 amide bonds. The van der Waals surface area contributed by atoms with Gasteiger partial charge in [-0.05, 0) is 48.5 Å². The van der Waals surface area contributed by atoms with E-state index in [-0.39, 0.29) is 6.10 Å². The molecule has 2 nitrogen and oxygen atoms in total. The fourth-order valence-electron chi connectivity index (χ4n) is 1.98. The zero-order valence-corrected chi connectivity index (χ0v) is 11.2. The van der Waals surface area contributed by atoms with Gasteiger partial charge in [-0.1, -0.05) is 19.1 Å². The van der Waals surface area contributed by atoms with Crippen LogP contribution in [0, 0.1) is 3.57 Å². The van der Waals surface area contributed by atoms with E-state index in [0.717, 1.165) is 18.7 Å². The van der Waals surface area contributed by atoms with Crippen molar-refractivity contribution in [2.24, 2.45) is 0 Å². The molecule has 0 saturated heterocycles. The number of para-hydroxylation sites is 1. The SMILES string of the molecule is CCCNC1c2cccc(I)c2OC1C. The van der Waals surface area contributed by atoms with Crippen LogP contribution in [-0.4, -0.2) is 12.6 Å². The van der Waals surface area contributed by atoms with E-state index in [4.69, 9.17) is 4.74 Å². The maximum Gasteiger partial charge on any atom is 0.138 e. The van der Waals surface area contributed by atoms with Crippen molar-refractivity contribution in [1.29, 1.82) is 0 Å². The number of fused-ring (bicyclic) bond motifs is 1. The second kappa shape index (κ2) is 4.70. The van der Waals surface area contributed by atoms with Crippen LogP contribution < -0.4 is 10.1 Å². The van der Waals surface area contributed by atoms with Crippen molar-refractivity contribution in [3.63, 3.8) is 0 Å². The Labute approximate surface area is 105 Å². The van der Waals surface area contributed by atoms with Crippen molar-refractivity contribution in [1.82, 2.24) is 5.32 Å². The van der Waals surface area contributed by atoms with Crippen LogP contribution in [0.4, 0.5) is 0 Å². The van der Waals surface area contributed by atoms with E-state index in [9.17, 15) is 0 Å². The molecule has 1 aromatic carbocycles. The third kappa shape index (κ3) is 2.13. The summed E-state index contributed by atoms with van der Waals surface area (Å²) in [5, 5.41) is 3.54. The number of hydrogen-bond acceptors (Lipinski definition) is 2. The van der Waals surface area contributed by atoms with Crippen molar-refractivity contribution < 1.29 is 4.74 Å². The van der Waals surface area contributed by atoms with Gasteiger partial charge in [-0.25, -0.2) is 0 Å². The molecule has 0 bridgehead atoms. The van der Waals surface area contributed by atoms with Crippen molar-refractivity contribution in [2.75, 3.05) is 6.54 Å². The molecule has 15 heavy (non-hydrogen) atoms. The lowest BCUT2D eigenvalue weighted by Gasteiger charge is -2.15. The number of rotatable bonds is 3. The van der Waals surface area contributed by atoms with Crippen LogP contribution in [0.2, 0.25) is 0 Å². The van der Waals surface area contributed by atoms with E-state index in [0.29, 0.717) is 6.04 Å². The summed E-state index contributed by atoms with van der Waals surface area (Å²) < 4.78 is 7.08. The standard InChI is InChI=1S/C12H16INO/c1-3-7-14-11-8(2)15-12-9(11)5-4-6-10(12)13/h4-6,8,11,14H,3,7H2,1-2H3. The molecular formula is C12H16INO. The van der Waals surface area contributed by atoms with Crippen LogP contribution >= 0.6 is 22.6 Å². The van der Waals surface area contributed by atoms with Gasteiger partial charge in [0.15, 0.2) is 0 Å². The fraction of sp³-hybridized carbons (Fsp3) is 0.500. The molecule has 0 spiro atoms. The lowest BCUT2D eigenvalue weighted by atomic mass is 10.0. The van der Waals surface area contributed by atoms with Gasteiger partial charge in [0.05, 0.1) is 9.61 Å². The van der Waals surface area contributed by atoms with E-state index in [1.165, 1.54) is 9.13 Å². The van der Waals surface area contributed by atoms with Gasteiger partial charge in [-0.15, -0.1) is 0 Å². The topological polar surface area (TPSA) is 21.3 Å². The van der Waals surface area contributed by atoms with Gasteiger partial charge in [0.2, 0.25) is 0 Å². The molecule has 1 heterocycles. The van der Waals surface area contributed by atoms with Crippen molar-refractivity contribution in [3.8, 4) is 5.75 Å². The average molecular weight is 317 g/mol. The molecule has 3 heteroatoms. The lowest BCUT2D eigenvalue weighted by molar-refractivity contribution is 0.209. The number of halogens is 1. The van der Waals surface area contributed by atoms with Crippen LogP contribution in [0.3, 0.4) is 0 Å². The molecule has 0 aliphatic carbocycles. The average Bonchev–Trinajstić information content (AvgIpc) is 2.54. The first-order valence-corrected chi connectivity index (χ1v) is 6.50. The fourth-order valence-corrected chi connectivity index (χ4v) is 2.62. The Balaban J connectivity index is 2.25. The predicted octanol–water partition coefficient (Wildman–Crippen LogP) is 3.11. The summed E-state index contributed by atoms with van der Waals surface area (Å²) in [6, 6.07) is 6.71. The smallest absolute Gasteiger partial charge is 0.138 e. The Bertz CT molecular complexity index is 353. The highest BCUT2D eigenvalue weighted by atomic mass is 127. The zero-order valence-electron chi connectivity index (χ0n) is 9.09.